The molecule has 86 heavy (non-hydrogen) atoms. The fourth-order valence-electron chi connectivity index (χ4n) is 7.81. The minimum Gasteiger partial charge on any atom is -0.508 e. The Hall–Kier alpha value is -9.30. The number of carbonyl (C=O) groups excluding carboxylic acids is 1. The van der Waals surface area contributed by atoms with Crippen molar-refractivity contribution in [2.24, 2.45) is 0 Å². The number of ether oxygens (including phenoxy) is 1. The first kappa shape index (κ1) is 71.0. The highest BCUT2D eigenvalue weighted by molar-refractivity contribution is 7.81. The number of phenols is 11. The molecule has 0 saturated carbocycles. The SMILES string of the molecule is CC(=O)Oc1cccc(O)c1.CN(C)c1cccc(O)c1.Cc1cc(O)c(C)c(O)c1.Cc1cc(O)cc(O)c1.Nc1cccc(O)c1.Oc1ccc2c3c1CCCN3CCC2.Oc1cccc(O)c1.Oc1cccc(S)c1.Sc1cccc(S)c1. The molecule has 0 unspecified atom stereocenters. The molecule has 0 fully saturated rings. The molecular formula is C67H77N3O13S3. The van der Waals surface area contributed by atoms with Crippen LogP contribution in [0.2, 0.25) is 0 Å². The molecule has 2 aliphatic rings. The van der Waals surface area contributed by atoms with E-state index in [-0.39, 0.29) is 51.7 Å². The lowest BCUT2D eigenvalue weighted by Crippen LogP contribution is -2.34. The molecule has 13 N–H and O–H groups in total. The van der Waals surface area contributed by atoms with Gasteiger partial charge in [-0.15, -0.1) is 37.9 Å². The van der Waals surface area contributed by atoms with Crippen LogP contribution in [0.4, 0.5) is 17.1 Å². The highest BCUT2D eigenvalue weighted by Crippen LogP contribution is 2.39. The van der Waals surface area contributed by atoms with E-state index in [9.17, 15) is 9.90 Å². The van der Waals surface area contributed by atoms with Gasteiger partial charge in [-0.05, 0) is 178 Å². The van der Waals surface area contributed by atoms with Crippen LogP contribution in [-0.2, 0) is 17.6 Å². The maximum atomic E-state index is 10.4. The third-order valence-corrected chi connectivity index (χ3v) is 12.6. The largest absolute Gasteiger partial charge is 0.508 e. The number of hydrogen-bond donors (Lipinski definition) is 15. The number of benzene rings is 9. The molecule has 19 heteroatoms. The van der Waals surface area contributed by atoms with Gasteiger partial charge < -0.3 is 76.4 Å². The van der Waals surface area contributed by atoms with Crippen molar-refractivity contribution in [1.82, 2.24) is 0 Å². The second-order valence-electron chi connectivity index (χ2n) is 19.4. The van der Waals surface area contributed by atoms with Gasteiger partial charge >= 0.3 is 5.97 Å². The topological polar surface area (TPSA) is 281 Å². The normalized spacial score (nSPS) is 10.9. The summed E-state index contributed by atoms with van der Waals surface area (Å²) >= 11 is 12.2. The molecule has 0 saturated heterocycles. The maximum Gasteiger partial charge on any atom is 0.308 e. The zero-order valence-electron chi connectivity index (χ0n) is 48.7. The van der Waals surface area contributed by atoms with Crippen LogP contribution in [0, 0.1) is 20.8 Å². The number of nitrogens with two attached hydrogens (primary N) is 1. The number of rotatable bonds is 2. The Morgan fingerprint density at radius 1 is 0.465 bits per heavy atom. The molecule has 0 amide bonds. The molecule has 0 aromatic heterocycles. The van der Waals surface area contributed by atoms with E-state index in [0.717, 1.165) is 37.9 Å². The fraction of sp³-hybridized carbons (Fsp3) is 0.179. The molecule has 9 aromatic carbocycles. The number of aromatic hydroxyl groups is 11. The smallest absolute Gasteiger partial charge is 0.308 e. The minimum atomic E-state index is -0.393. The third kappa shape index (κ3) is 28.3. The van der Waals surface area contributed by atoms with Crippen molar-refractivity contribution >= 4 is 60.9 Å². The van der Waals surface area contributed by atoms with Gasteiger partial charge in [0.25, 0.3) is 0 Å². The molecule has 0 atom stereocenters. The van der Waals surface area contributed by atoms with Crippen molar-refractivity contribution in [1.29, 1.82) is 0 Å². The number of phenolic OH excluding ortho intramolecular Hbond substituents is 11. The summed E-state index contributed by atoms with van der Waals surface area (Å²) in [6.07, 6.45) is 4.67. The second-order valence-corrected chi connectivity index (χ2v) is 20.9. The number of aryl methyl sites for hydroxylation is 3. The summed E-state index contributed by atoms with van der Waals surface area (Å²) in [4.78, 5) is 17.5. The van der Waals surface area contributed by atoms with E-state index in [1.54, 1.807) is 105 Å². The lowest BCUT2D eigenvalue weighted by molar-refractivity contribution is -0.131. The second kappa shape index (κ2) is 37.1. The van der Waals surface area contributed by atoms with E-state index in [4.69, 9.17) is 61.5 Å². The molecule has 2 aliphatic heterocycles. The maximum absolute atomic E-state index is 10.4. The summed E-state index contributed by atoms with van der Waals surface area (Å²) < 4.78 is 4.70. The van der Waals surface area contributed by atoms with Gasteiger partial charge in [0, 0.05) is 107 Å². The van der Waals surface area contributed by atoms with Gasteiger partial charge in [0.2, 0.25) is 0 Å². The first-order chi connectivity index (χ1) is 40.7. The van der Waals surface area contributed by atoms with Crippen LogP contribution in [0.5, 0.6) is 69.0 Å². The highest BCUT2D eigenvalue weighted by atomic mass is 32.1. The Balaban J connectivity index is 0.000000255. The summed E-state index contributed by atoms with van der Waals surface area (Å²) in [5.74, 6) is 2.02. The fourth-order valence-corrected chi connectivity index (χ4v) is 8.58. The molecule has 0 aliphatic carbocycles. The molecule has 0 radical (unpaired) electrons. The Bertz CT molecular complexity index is 3210. The van der Waals surface area contributed by atoms with Crippen LogP contribution >= 0.6 is 37.9 Å². The van der Waals surface area contributed by atoms with Gasteiger partial charge in [-0.25, -0.2) is 0 Å². The predicted octanol–water partition coefficient (Wildman–Crippen LogP) is 14.0. The molecule has 11 rings (SSSR count). The number of hydrogen-bond acceptors (Lipinski definition) is 19. The molecule has 2 heterocycles. The molecular weight excluding hydrogens is 1150 g/mol. The van der Waals surface area contributed by atoms with Gasteiger partial charge in [-0.1, -0.05) is 42.5 Å². The quantitative estimate of drug-likeness (QED) is 0.0331. The third-order valence-electron chi connectivity index (χ3n) is 11.7. The average molecular weight is 1230 g/mol. The lowest BCUT2D eigenvalue weighted by atomic mass is 9.91. The molecule has 0 bridgehead atoms. The number of nitrogens with zero attached hydrogens (tertiary/aromatic N) is 2. The van der Waals surface area contributed by atoms with Crippen molar-refractivity contribution in [3.63, 3.8) is 0 Å². The van der Waals surface area contributed by atoms with Crippen LogP contribution in [0.3, 0.4) is 0 Å². The average Bonchev–Trinajstić information content (AvgIpc) is 1.18. The number of thiol groups is 3. The molecule has 16 nitrogen and oxygen atoms in total. The summed E-state index contributed by atoms with van der Waals surface area (Å²) in [5, 5.41) is 98.5. The van der Waals surface area contributed by atoms with Gasteiger partial charge in [-0.2, -0.15) is 0 Å². The monoisotopic (exact) mass is 1230 g/mol. The van der Waals surface area contributed by atoms with Gasteiger partial charge in [-0.3, -0.25) is 4.79 Å². The van der Waals surface area contributed by atoms with Crippen molar-refractivity contribution < 1.29 is 65.7 Å². The first-order valence-electron chi connectivity index (χ1n) is 26.7. The van der Waals surface area contributed by atoms with Crippen molar-refractivity contribution in [2.75, 3.05) is 42.7 Å². The van der Waals surface area contributed by atoms with Crippen molar-refractivity contribution in [2.45, 2.75) is 68.1 Å². The Kier molecular flexibility index (Phi) is 30.6. The number of esters is 1. The van der Waals surface area contributed by atoms with Crippen molar-refractivity contribution in [3.05, 3.63) is 216 Å². The Morgan fingerprint density at radius 2 is 0.895 bits per heavy atom. The summed E-state index contributed by atoms with van der Waals surface area (Å²) in [5.41, 5.74) is 13.1. The van der Waals surface area contributed by atoms with Gasteiger partial charge in [0.1, 0.15) is 69.0 Å². The highest BCUT2D eigenvalue weighted by Gasteiger charge is 2.25. The van der Waals surface area contributed by atoms with Gasteiger partial charge in [0.05, 0.1) is 0 Å². The Labute approximate surface area is 519 Å². The van der Waals surface area contributed by atoms with E-state index in [0.29, 0.717) is 28.5 Å². The number of nitrogen functional groups attached to an aromatic ring is 1. The number of anilines is 3. The Morgan fingerprint density at radius 3 is 1.29 bits per heavy atom. The molecule has 456 valence electrons. The standard InChI is InChI=1S/C12H15NO.C8H11NO.C8H8O3.C8H10O2.C7H8O2.C6H7NO.C6H6O2.C6H6OS.C6H6S2/c14-11-6-5-9-3-1-7-13-8-2-4-10(11)12(9)13;1-9(2)7-4-3-5-8(10)6-7;1-6(9)11-8-4-2-3-7(10)5-8;1-5-3-7(9)6(2)8(10)4-5;1-5-2-6(8)4-7(9)3-5;4*7-5-2-1-3-6(8)4-5/h5-6,14H,1-4,7-8H2;3-6,10H,1-2H3;2-5,10H,1H3;3-4,9-10H,1-2H3;2-4,8-9H,1H3;1-4,8H,7H2;3*1-4,7-8H. The van der Waals surface area contributed by atoms with E-state index >= 15 is 0 Å². The van der Waals surface area contributed by atoms with E-state index in [1.807, 2.05) is 74.4 Å². The zero-order valence-corrected chi connectivity index (χ0v) is 51.4. The van der Waals surface area contributed by atoms with Crippen LogP contribution in [0.15, 0.2) is 203 Å². The summed E-state index contributed by atoms with van der Waals surface area (Å²) in [6, 6.07) is 51.7. The zero-order chi connectivity index (χ0) is 63.9. The van der Waals surface area contributed by atoms with E-state index in [1.165, 1.54) is 98.6 Å². The first-order valence-corrected chi connectivity index (χ1v) is 28.0. The predicted molar refractivity (Wildman–Crippen MR) is 351 cm³/mol. The lowest BCUT2D eigenvalue weighted by Gasteiger charge is -2.36. The number of carbonyl (C=O) groups is 1. The molecule has 9 aromatic rings. The van der Waals surface area contributed by atoms with Crippen LogP contribution in [0.25, 0.3) is 0 Å². The van der Waals surface area contributed by atoms with Crippen LogP contribution in [0.1, 0.15) is 47.6 Å². The van der Waals surface area contributed by atoms with Gasteiger partial charge in [0.15, 0.2) is 0 Å². The van der Waals surface area contributed by atoms with Crippen LogP contribution < -0.4 is 20.3 Å². The summed E-state index contributed by atoms with van der Waals surface area (Å²) in [7, 11) is 3.88. The molecule has 0 spiro atoms. The van der Waals surface area contributed by atoms with Crippen LogP contribution in [-0.4, -0.2) is 89.3 Å². The summed E-state index contributed by atoms with van der Waals surface area (Å²) in [6.45, 7) is 8.94. The minimum absolute atomic E-state index is 0.0868. The van der Waals surface area contributed by atoms with E-state index in [2.05, 4.69) is 48.9 Å². The van der Waals surface area contributed by atoms with E-state index < -0.39 is 5.97 Å². The van der Waals surface area contributed by atoms with Crippen molar-refractivity contribution in [3.8, 4) is 69.0 Å².